The van der Waals surface area contributed by atoms with Gasteiger partial charge >= 0.3 is 0 Å². The molecule has 0 bridgehead atoms. The van der Waals surface area contributed by atoms with Crippen LogP contribution in [0.4, 0.5) is 0 Å². The molecule has 10 heavy (non-hydrogen) atoms. The van der Waals surface area contributed by atoms with Gasteiger partial charge in [-0.05, 0) is 12.7 Å². The van der Waals surface area contributed by atoms with Gasteiger partial charge in [0.25, 0.3) is 0 Å². The van der Waals surface area contributed by atoms with Gasteiger partial charge < -0.3 is 5.73 Å². The lowest BCUT2D eigenvalue weighted by Gasteiger charge is -2.03. The van der Waals surface area contributed by atoms with Crippen molar-refractivity contribution in [2.45, 2.75) is 19.9 Å². The molecule has 0 aliphatic carbocycles. The fraction of sp³-hybridized carbons (Fsp3) is 1.00. The van der Waals surface area contributed by atoms with Crippen molar-refractivity contribution in [1.29, 1.82) is 0 Å². The topological polar surface area (TPSA) is 43.1 Å². The molecule has 0 amide bonds. The van der Waals surface area contributed by atoms with Crippen LogP contribution < -0.4 is 5.73 Å². The Balaban J connectivity index is 3.26. The van der Waals surface area contributed by atoms with Crippen LogP contribution in [0.15, 0.2) is 0 Å². The van der Waals surface area contributed by atoms with Crippen LogP contribution in [0.2, 0.25) is 0 Å². The Hall–Kier alpha value is 0.460. The molecule has 0 aromatic heterocycles. The van der Waals surface area contributed by atoms with E-state index in [0.29, 0.717) is 5.75 Å². The van der Waals surface area contributed by atoms with E-state index >= 15 is 0 Å². The van der Waals surface area contributed by atoms with Gasteiger partial charge in [-0.15, -0.1) is 11.8 Å². The summed E-state index contributed by atoms with van der Waals surface area (Å²) in [5.74, 6) is 1.66. The third kappa shape index (κ3) is 6.58. The molecule has 0 saturated carbocycles. The molecule has 2 nitrogen and oxygen atoms in total. The Morgan fingerprint density at radius 1 is 1.70 bits per heavy atom. The molecule has 2 N–H and O–H groups in total. The molecule has 0 aromatic carbocycles. The monoisotopic (exact) mass is 181 g/mol. The quantitative estimate of drug-likeness (QED) is 0.682. The highest BCUT2D eigenvalue weighted by atomic mass is 32.2. The van der Waals surface area contributed by atoms with Crippen LogP contribution in [0.3, 0.4) is 0 Å². The van der Waals surface area contributed by atoms with Crippen molar-refractivity contribution < 1.29 is 4.21 Å². The van der Waals surface area contributed by atoms with E-state index in [1.54, 1.807) is 11.8 Å². The molecular formula is C6H15NOS2. The fourth-order valence-corrected chi connectivity index (χ4v) is 2.90. The Bertz CT molecular complexity index is 106. The first-order valence-electron chi connectivity index (χ1n) is 3.35. The Morgan fingerprint density at radius 3 is 2.70 bits per heavy atom. The number of thioether (sulfide) groups is 1. The third-order valence-electron chi connectivity index (χ3n) is 0.868. The minimum absolute atomic E-state index is 0.0679. The van der Waals surface area contributed by atoms with Crippen LogP contribution in [0, 0.1) is 0 Å². The predicted octanol–water partition coefficient (Wildman–Crippen LogP) is 0.793. The number of nitrogens with two attached hydrogens (primary N) is 1. The van der Waals surface area contributed by atoms with Crippen LogP contribution >= 0.6 is 11.8 Å². The summed E-state index contributed by atoms with van der Waals surface area (Å²) in [7, 11) is -0.712. The molecule has 0 spiro atoms. The molecular weight excluding hydrogens is 166 g/mol. The molecule has 1 unspecified atom stereocenters. The fourth-order valence-electron chi connectivity index (χ4n) is 0.518. The van der Waals surface area contributed by atoms with Gasteiger partial charge in [0.15, 0.2) is 0 Å². The van der Waals surface area contributed by atoms with E-state index in [2.05, 4.69) is 6.92 Å². The van der Waals surface area contributed by atoms with Crippen molar-refractivity contribution >= 4 is 22.6 Å². The molecule has 4 heteroatoms. The van der Waals surface area contributed by atoms with Crippen LogP contribution in [-0.4, -0.2) is 26.8 Å². The Morgan fingerprint density at radius 2 is 2.30 bits per heavy atom. The minimum Gasteiger partial charge on any atom is -0.327 e. The van der Waals surface area contributed by atoms with Gasteiger partial charge in [0, 0.05) is 22.6 Å². The highest BCUT2D eigenvalue weighted by Crippen LogP contribution is 2.01. The van der Waals surface area contributed by atoms with Crippen molar-refractivity contribution in [3.05, 3.63) is 0 Å². The van der Waals surface area contributed by atoms with Gasteiger partial charge in [-0.1, -0.05) is 6.92 Å². The summed E-state index contributed by atoms with van der Waals surface area (Å²) in [5.41, 5.74) is 5.46. The zero-order chi connectivity index (χ0) is 7.98. The SMILES string of the molecule is CCSCS(=O)C[C@H](C)N. The molecule has 0 saturated heterocycles. The van der Waals surface area contributed by atoms with E-state index in [1.807, 2.05) is 6.92 Å². The van der Waals surface area contributed by atoms with Crippen LogP contribution in [0.5, 0.6) is 0 Å². The summed E-state index contributed by atoms with van der Waals surface area (Å²) in [4.78, 5) is 0. The summed E-state index contributed by atoms with van der Waals surface area (Å²) in [6, 6.07) is 0.0679. The summed E-state index contributed by atoms with van der Waals surface area (Å²) in [6.45, 7) is 3.95. The average Bonchev–Trinajstić information content (AvgIpc) is 1.82. The molecule has 2 atom stereocenters. The second-order valence-corrected chi connectivity index (χ2v) is 5.34. The minimum atomic E-state index is -0.712. The molecule has 0 radical (unpaired) electrons. The summed E-state index contributed by atoms with van der Waals surface area (Å²) in [6.07, 6.45) is 0. The van der Waals surface area contributed by atoms with Crippen molar-refractivity contribution in [2.75, 3.05) is 16.6 Å². The van der Waals surface area contributed by atoms with Crippen LogP contribution in [0.1, 0.15) is 13.8 Å². The second kappa shape index (κ2) is 6.19. The molecule has 0 aliphatic heterocycles. The largest absolute Gasteiger partial charge is 0.327 e. The Labute approximate surface area is 69.4 Å². The standard InChI is InChI=1S/C6H15NOS2/c1-3-9-5-10(8)4-6(2)7/h6H,3-5,7H2,1-2H3/t6-,10?/m0/s1. The molecule has 0 fully saturated rings. The first-order chi connectivity index (χ1) is 4.66. The maximum absolute atomic E-state index is 11.0. The van der Waals surface area contributed by atoms with Crippen LogP contribution in [-0.2, 0) is 10.8 Å². The van der Waals surface area contributed by atoms with Crippen molar-refractivity contribution in [3.63, 3.8) is 0 Å². The zero-order valence-corrected chi connectivity index (χ0v) is 8.13. The van der Waals surface area contributed by atoms with E-state index in [0.717, 1.165) is 10.8 Å². The van der Waals surface area contributed by atoms with Crippen molar-refractivity contribution in [3.8, 4) is 0 Å². The van der Waals surface area contributed by atoms with Gasteiger partial charge in [0.05, 0.1) is 5.08 Å². The second-order valence-electron chi connectivity index (χ2n) is 2.19. The molecule has 0 heterocycles. The van der Waals surface area contributed by atoms with Gasteiger partial charge in [0.1, 0.15) is 0 Å². The number of rotatable bonds is 5. The van der Waals surface area contributed by atoms with E-state index in [-0.39, 0.29) is 6.04 Å². The number of hydrogen-bond donors (Lipinski definition) is 1. The first kappa shape index (κ1) is 10.5. The highest BCUT2D eigenvalue weighted by molar-refractivity contribution is 8.10. The van der Waals surface area contributed by atoms with Crippen molar-refractivity contribution in [2.24, 2.45) is 5.73 Å². The van der Waals surface area contributed by atoms with E-state index in [9.17, 15) is 4.21 Å². The normalized spacial score (nSPS) is 16.7. The summed E-state index contributed by atoms with van der Waals surface area (Å²) < 4.78 is 11.0. The average molecular weight is 181 g/mol. The third-order valence-corrected chi connectivity index (χ3v) is 3.89. The van der Waals surface area contributed by atoms with E-state index in [4.69, 9.17) is 5.73 Å². The predicted molar refractivity (Wildman–Crippen MR) is 49.7 cm³/mol. The maximum Gasteiger partial charge on any atom is 0.0692 e. The van der Waals surface area contributed by atoms with Gasteiger partial charge in [-0.3, -0.25) is 4.21 Å². The Kier molecular flexibility index (Phi) is 6.47. The molecule has 0 rings (SSSR count). The highest BCUT2D eigenvalue weighted by Gasteiger charge is 2.01. The summed E-state index contributed by atoms with van der Waals surface area (Å²) in [5, 5.41) is 0.734. The lowest BCUT2D eigenvalue weighted by molar-refractivity contribution is 0.680. The maximum atomic E-state index is 11.0. The van der Waals surface area contributed by atoms with Gasteiger partial charge in [-0.25, -0.2) is 0 Å². The first-order valence-corrected chi connectivity index (χ1v) is 5.99. The lowest BCUT2D eigenvalue weighted by atomic mass is 10.4. The molecule has 62 valence electrons. The smallest absolute Gasteiger partial charge is 0.0692 e. The molecule has 0 aromatic rings. The van der Waals surface area contributed by atoms with E-state index in [1.165, 1.54) is 0 Å². The van der Waals surface area contributed by atoms with Crippen LogP contribution in [0.25, 0.3) is 0 Å². The van der Waals surface area contributed by atoms with Gasteiger partial charge in [0.2, 0.25) is 0 Å². The number of hydrogen-bond acceptors (Lipinski definition) is 3. The van der Waals surface area contributed by atoms with Gasteiger partial charge in [-0.2, -0.15) is 0 Å². The summed E-state index contributed by atoms with van der Waals surface area (Å²) >= 11 is 1.70. The van der Waals surface area contributed by atoms with E-state index < -0.39 is 10.8 Å². The lowest BCUT2D eigenvalue weighted by Crippen LogP contribution is -2.23. The zero-order valence-electron chi connectivity index (χ0n) is 6.50. The molecule has 0 aliphatic rings. The van der Waals surface area contributed by atoms with Crippen molar-refractivity contribution in [1.82, 2.24) is 0 Å².